The predicted octanol–water partition coefficient (Wildman–Crippen LogP) is -0.710. The fourth-order valence-corrected chi connectivity index (χ4v) is 2.26. The molecule has 1 rings (SSSR count). The van der Waals surface area contributed by atoms with Gasteiger partial charge in [0, 0.05) is 29.6 Å². The zero-order valence-electron chi connectivity index (χ0n) is 9.56. The maximum Gasteiger partial charge on any atom is 0.316 e. The third-order valence-electron chi connectivity index (χ3n) is 1.78. The van der Waals surface area contributed by atoms with E-state index in [9.17, 15) is 21.6 Å². The second-order valence-corrected chi connectivity index (χ2v) is 5.91. The zero-order chi connectivity index (χ0) is 14.1. The zero-order valence-corrected chi connectivity index (χ0v) is 13.2. The van der Waals surface area contributed by atoms with Crippen molar-refractivity contribution in [1.29, 1.82) is 0 Å². The molecule has 0 unspecified atom stereocenters. The number of hydrogen-bond donors (Lipinski definition) is 4. The van der Waals surface area contributed by atoms with Crippen molar-refractivity contribution in [1.82, 2.24) is 0 Å². The van der Waals surface area contributed by atoms with Crippen LogP contribution in [0.25, 0.3) is 0 Å². The van der Waals surface area contributed by atoms with Crippen LogP contribution in [-0.2, 0) is 20.2 Å². The van der Waals surface area contributed by atoms with Gasteiger partial charge in [-0.1, -0.05) is 0 Å². The van der Waals surface area contributed by atoms with Gasteiger partial charge in [0.05, 0.1) is 10.6 Å². The van der Waals surface area contributed by atoms with Gasteiger partial charge in [0.1, 0.15) is 4.90 Å². The number of carbonyl (C=O) groups excluding carboxylic acids is 1. The number of urea groups is 1. The monoisotopic (exact) mass is 319 g/mol. The number of anilines is 1. The second-order valence-electron chi connectivity index (χ2n) is 3.10. The molecule has 0 aliphatic carbocycles. The number of nitrogens with two attached hydrogens (primary N) is 1. The van der Waals surface area contributed by atoms with Gasteiger partial charge >= 0.3 is 6.03 Å². The molecule has 0 fully saturated rings. The molecular formula is C7H8N2NaO7S2. The normalized spacial score (nSPS) is 11.5. The quantitative estimate of drug-likeness (QED) is 0.422. The number of rotatable bonds is 3. The Kier molecular flexibility index (Phi) is 5.95. The Bertz CT molecular complexity index is 698. The van der Waals surface area contributed by atoms with Gasteiger partial charge in [-0.25, -0.2) is 4.79 Å². The van der Waals surface area contributed by atoms with Gasteiger partial charge < -0.3 is 11.1 Å². The molecule has 19 heavy (non-hydrogen) atoms. The van der Waals surface area contributed by atoms with E-state index in [2.05, 4.69) is 0 Å². The Labute approximate surface area is 131 Å². The van der Waals surface area contributed by atoms with Gasteiger partial charge in [-0.15, -0.1) is 0 Å². The van der Waals surface area contributed by atoms with Crippen molar-refractivity contribution in [2.45, 2.75) is 9.79 Å². The van der Waals surface area contributed by atoms with Crippen molar-refractivity contribution < 1.29 is 30.7 Å². The largest absolute Gasteiger partial charge is 0.351 e. The van der Waals surface area contributed by atoms with Crippen molar-refractivity contribution in [2.75, 3.05) is 5.32 Å². The van der Waals surface area contributed by atoms with Crippen LogP contribution >= 0.6 is 0 Å². The summed E-state index contributed by atoms with van der Waals surface area (Å²) in [7, 11) is -9.28. The molecule has 0 spiro atoms. The summed E-state index contributed by atoms with van der Waals surface area (Å²) in [4.78, 5) is 9.21. The Morgan fingerprint density at radius 2 is 1.63 bits per heavy atom. The average molecular weight is 319 g/mol. The molecule has 1 aromatic carbocycles. The van der Waals surface area contributed by atoms with E-state index in [0.29, 0.717) is 12.1 Å². The molecule has 0 saturated heterocycles. The molecule has 2 amide bonds. The summed E-state index contributed by atoms with van der Waals surface area (Å²) >= 11 is 0. The standard InChI is InChI=1S/C7H8N2O7S2.Na/c8-7(10)9-5-3-4(17(11,12)13)1-2-6(5)18(14,15)16;/h1-3H,(H3,8,9,10)(H,11,12,13)(H,14,15,16);. The number of primary amides is 1. The van der Waals surface area contributed by atoms with Crippen LogP contribution in [0.4, 0.5) is 10.5 Å². The molecule has 0 aliphatic heterocycles. The van der Waals surface area contributed by atoms with Crippen LogP contribution < -0.4 is 11.1 Å². The van der Waals surface area contributed by atoms with Crippen LogP contribution in [0.5, 0.6) is 0 Å². The first-order valence-electron chi connectivity index (χ1n) is 4.17. The van der Waals surface area contributed by atoms with E-state index < -0.39 is 41.7 Å². The van der Waals surface area contributed by atoms with Gasteiger partial charge in [-0.2, -0.15) is 16.8 Å². The van der Waals surface area contributed by atoms with E-state index in [1.165, 1.54) is 0 Å². The van der Waals surface area contributed by atoms with E-state index in [4.69, 9.17) is 14.8 Å². The van der Waals surface area contributed by atoms with E-state index >= 15 is 0 Å². The summed E-state index contributed by atoms with van der Waals surface area (Å²) in [6.45, 7) is 0. The molecule has 12 heteroatoms. The van der Waals surface area contributed by atoms with Gasteiger partial charge in [0.2, 0.25) is 0 Å². The van der Waals surface area contributed by atoms with Gasteiger partial charge in [0.15, 0.2) is 0 Å². The summed E-state index contributed by atoms with van der Waals surface area (Å²) < 4.78 is 61.2. The molecule has 1 aromatic rings. The number of amides is 2. The first kappa shape index (κ1) is 18.3. The molecule has 0 bridgehead atoms. The fourth-order valence-electron chi connectivity index (χ4n) is 1.12. The maximum atomic E-state index is 10.9. The minimum Gasteiger partial charge on any atom is -0.351 e. The van der Waals surface area contributed by atoms with Crippen LogP contribution in [-0.4, -0.2) is 61.5 Å². The SMILES string of the molecule is NC(=O)Nc1cc(S(=O)(=O)O)ccc1S(=O)(=O)O.[Na]. The van der Waals surface area contributed by atoms with Crippen LogP contribution in [0.1, 0.15) is 0 Å². The predicted molar refractivity (Wildman–Crippen MR) is 65.0 cm³/mol. The van der Waals surface area contributed by atoms with E-state index in [1.807, 2.05) is 5.32 Å². The summed E-state index contributed by atoms with van der Waals surface area (Å²) in [5.41, 5.74) is 4.19. The minimum atomic E-state index is -4.69. The smallest absolute Gasteiger partial charge is 0.316 e. The van der Waals surface area contributed by atoms with Crippen LogP contribution in [0.2, 0.25) is 0 Å². The van der Waals surface area contributed by atoms with Crippen LogP contribution in [0, 0.1) is 0 Å². The van der Waals surface area contributed by atoms with Crippen molar-refractivity contribution in [3.63, 3.8) is 0 Å². The minimum absolute atomic E-state index is 0. The molecule has 101 valence electrons. The first-order chi connectivity index (χ1) is 8.01. The maximum absolute atomic E-state index is 10.9. The molecule has 0 saturated carbocycles. The third kappa shape index (κ3) is 5.06. The number of benzene rings is 1. The molecule has 0 heterocycles. The van der Waals surface area contributed by atoms with Gasteiger partial charge in [0.25, 0.3) is 20.2 Å². The topological polar surface area (TPSA) is 164 Å². The molecule has 9 nitrogen and oxygen atoms in total. The van der Waals surface area contributed by atoms with Gasteiger partial charge in [-0.05, 0) is 18.2 Å². The summed E-state index contributed by atoms with van der Waals surface area (Å²) in [6.07, 6.45) is 0. The molecule has 0 atom stereocenters. The second kappa shape index (κ2) is 6.17. The molecule has 0 aliphatic rings. The number of hydrogen-bond acceptors (Lipinski definition) is 5. The van der Waals surface area contributed by atoms with Crippen molar-refractivity contribution in [3.8, 4) is 0 Å². The van der Waals surface area contributed by atoms with Crippen LogP contribution in [0.15, 0.2) is 28.0 Å². The molecule has 1 radical (unpaired) electrons. The van der Waals surface area contributed by atoms with E-state index in [1.54, 1.807) is 0 Å². The third-order valence-corrected chi connectivity index (χ3v) is 3.55. The number of carbonyl (C=O) groups is 1. The summed E-state index contributed by atoms with van der Waals surface area (Å²) in [6, 6.07) is 0.907. The summed E-state index contributed by atoms with van der Waals surface area (Å²) in [5.74, 6) is 0. The van der Waals surface area contributed by atoms with E-state index in [-0.39, 0.29) is 29.6 Å². The Hall–Kier alpha value is -0.690. The van der Waals surface area contributed by atoms with Crippen molar-refractivity contribution in [3.05, 3.63) is 18.2 Å². The Morgan fingerprint density at radius 1 is 1.11 bits per heavy atom. The Balaban J connectivity index is 0.00000324. The fraction of sp³-hybridized carbons (Fsp3) is 0. The van der Waals surface area contributed by atoms with E-state index in [0.717, 1.165) is 6.07 Å². The molecule has 5 N–H and O–H groups in total. The number of nitrogens with one attached hydrogen (secondary N) is 1. The van der Waals surface area contributed by atoms with Crippen molar-refractivity contribution in [2.24, 2.45) is 5.73 Å². The van der Waals surface area contributed by atoms with Crippen LogP contribution in [0.3, 0.4) is 0 Å². The van der Waals surface area contributed by atoms with Gasteiger partial charge in [-0.3, -0.25) is 9.11 Å². The van der Waals surface area contributed by atoms with Crippen molar-refractivity contribution >= 4 is 61.5 Å². The molecular weight excluding hydrogens is 311 g/mol. The molecule has 0 aromatic heterocycles. The Morgan fingerprint density at radius 3 is 2.00 bits per heavy atom. The first-order valence-corrected chi connectivity index (χ1v) is 7.05. The average Bonchev–Trinajstić information content (AvgIpc) is 2.13. The summed E-state index contributed by atoms with van der Waals surface area (Å²) in [5, 5.41) is 1.82.